The second kappa shape index (κ2) is 2.47. The molecule has 1 aromatic carbocycles. The van der Waals surface area contributed by atoms with Crippen molar-refractivity contribution in [3.05, 3.63) is 35.6 Å². The van der Waals surface area contributed by atoms with Crippen LogP contribution >= 0.6 is 0 Å². The second-order valence-electron chi connectivity index (χ2n) is 1.81. The number of rotatable bonds is 1. The lowest BCUT2D eigenvalue weighted by molar-refractivity contribution is 0.0697. The summed E-state index contributed by atoms with van der Waals surface area (Å²) in [7, 11) is 0. The highest BCUT2D eigenvalue weighted by Crippen LogP contribution is 2.01. The van der Waals surface area contributed by atoms with Crippen molar-refractivity contribution in [3.63, 3.8) is 0 Å². The second-order valence-corrected chi connectivity index (χ2v) is 1.81. The van der Waals surface area contributed by atoms with E-state index in [4.69, 9.17) is 5.11 Å². The van der Waals surface area contributed by atoms with Gasteiger partial charge in [-0.05, 0) is 24.3 Å². The van der Waals surface area contributed by atoms with Gasteiger partial charge in [-0.1, -0.05) is 0 Å². The Morgan fingerprint density at radius 1 is 1.30 bits per heavy atom. The third-order valence-electron chi connectivity index (χ3n) is 1.09. The summed E-state index contributed by atoms with van der Waals surface area (Å²) in [5.41, 5.74) is 0.0985. The van der Waals surface area contributed by atoms with Crippen molar-refractivity contribution in [2.75, 3.05) is 0 Å². The molecule has 0 atom stereocenters. The number of halogens is 1. The van der Waals surface area contributed by atoms with Gasteiger partial charge in [-0.3, -0.25) is 0 Å². The number of aromatic carboxylic acids is 1. The van der Waals surface area contributed by atoms with Crippen molar-refractivity contribution < 1.29 is 14.3 Å². The van der Waals surface area contributed by atoms with E-state index < -0.39 is 11.8 Å². The number of carboxylic acid groups (broad SMARTS) is 1. The number of carboxylic acids is 1. The van der Waals surface area contributed by atoms with Gasteiger partial charge in [0, 0.05) is 0 Å². The smallest absolute Gasteiger partial charge is 0.335 e. The zero-order valence-corrected chi connectivity index (χ0v) is 5.04. The van der Waals surface area contributed by atoms with E-state index in [0.717, 1.165) is 12.1 Å². The van der Waals surface area contributed by atoms with Crippen LogP contribution in [0.4, 0.5) is 4.39 Å². The molecule has 0 amide bonds. The SMILES string of the molecule is O=C(O)c1ccc([19F])cc1. The van der Waals surface area contributed by atoms with E-state index in [1.54, 1.807) is 0 Å². The summed E-state index contributed by atoms with van der Waals surface area (Å²) in [4.78, 5) is 10.2. The first kappa shape index (κ1) is 6.74. The van der Waals surface area contributed by atoms with Gasteiger partial charge in [-0.2, -0.15) is 0 Å². The van der Waals surface area contributed by atoms with E-state index >= 15 is 0 Å². The fraction of sp³-hybridized carbons (Fsp3) is 0. The Kier molecular flexibility index (Phi) is 1.67. The first-order valence-corrected chi connectivity index (χ1v) is 2.69. The summed E-state index contributed by atoms with van der Waals surface area (Å²) in [6.45, 7) is 0. The summed E-state index contributed by atoms with van der Waals surface area (Å²) in [5, 5.41) is 8.35. The van der Waals surface area contributed by atoms with Gasteiger partial charge in [0.15, 0.2) is 0 Å². The predicted octanol–water partition coefficient (Wildman–Crippen LogP) is 1.52. The molecule has 0 heterocycles. The highest BCUT2D eigenvalue weighted by Gasteiger charge is 1.99. The minimum absolute atomic E-state index is 0.0985. The zero-order valence-electron chi connectivity index (χ0n) is 5.04. The van der Waals surface area contributed by atoms with Crippen LogP contribution in [0.5, 0.6) is 0 Å². The average Bonchev–Trinajstić information content (AvgIpc) is 1.88. The number of hydrogen-bond acceptors (Lipinski definition) is 1. The summed E-state index contributed by atoms with van der Waals surface area (Å²) >= 11 is 0. The summed E-state index contributed by atoms with van der Waals surface area (Å²) in [6, 6.07) is 4.67. The van der Waals surface area contributed by atoms with E-state index in [2.05, 4.69) is 0 Å². The normalized spacial score (nSPS) is 9.30. The molecule has 1 aromatic rings. The highest BCUT2D eigenvalue weighted by molar-refractivity contribution is 5.87. The highest BCUT2D eigenvalue weighted by atomic mass is 19.1. The lowest BCUT2D eigenvalue weighted by Crippen LogP contribution is -1.94. The zero-order chi connectivity index (χ0) is 7.56. The Morgan fingerprint density at radius 2 is 1.80 bits per heavy atom. The molecule has 0 fully saturated rings. The maximum Gasteiger partial charge on any atom is 0.335 e. The Hall–Kier alpha value is -1.38. The molecule has 0 aliphatic rings. The fourth-order valence-electron chi connectivity index (χ4n) is 0.592. The van der Waals surface area contributed by atoms with Crippen molar-refractivity contribution in [1.29, 1.82) is 0 Å². The first-order chi connectivity index (χ1) is 4.70. The van der Waals surface area contributed by atoms with E-state index in [1.165, 1.54) is 12.1 Å². The standard InChI is InChI=1S/C7H5FO2/c8-6-3-1-5(2-4-6)7(9)10/h1-4H,(H,9,10)/i8+0. The molecule has 2 nitrogen and oxygen atoms in total. The fourth-order valence-corrected chi connectivity index (χ4v) is 0.592. The van der Waals surface area contributed by atoms with Gasteiger partial charge in [0.2, 0.25) is 0 Å². The third kappa shape index (κ3) is 1.31. The summed E-state index contributed by atoms with van der Waals surface area (Å²) in [6.07, 6.45) is 0. The van der Waals surface area contributed by atoms with E-state index in [1.807, 2.05) is 0 Å². The van der Waals surface area contributed by atoms with E-state index in [0.29, 0.717) is 0 Å². The van der Waals surface area contributed by atoms with Crippen LogP contribution in [0.15, 0.2) is 24.3 Å². The molecule has 0 spiro atoms. The van der Waals surface area contributed by atoms with Crippen LogP contribution in [0.3, 0.4) is 0 Å². The molecule has 0 radical (unpaired) electrons. The van der Waals surface area contributed by atoms with Crippen molar-refractivity contribution in [3.8, 4) is 0 Å². The van der Waals surface area contributed by atoms with Gasteiger partial charge in [0.1, 0.15) is 5.82 Å². The van der Waals surface area contributed by atoms with Crippen LogP contribution in [-0.4, -0.2) is 11.1 Å². The van der Waals surface area contributed by atoms with E-state index in [-0.39, 0.29) is 5.56 Å². The molecule has 0 saturated carbocycles. The largest absolute Gasteiger partial charge is 0.478 e. The quantitative estimate of drug-likeness (QED) is 0.642. The average molecular weight is 140 g/mol. The van der Waals surface area contributed by atoms with Crippen molar-refractivity contribution >= 4 is 5.97 Å². The van der Waals surface area contributed by atoms with Crippen LogP contribution in [0, 0.1) is 5.82 Å². The molecule has 0 aliphatic heterocycles. The van der Waals surface area contributed by atoms with Gasteiger partial charge >= 0.3 is 5.97 Å². The topological polar surface area (TPSA) is 37.3 Å². The summed E-state index contributed by atoms with van der Waals surface area (Å²) in [5.74, 6) is -1.47. The monoisotopic (exact) mass is 140 g/mol. The minimum atomic E-state index is -1.04. The van der Waals surface area contributed by atoms with Gasteiger partial charge < -0.3 is 5.11 Å². The Labute approximate surface area is 56.9 Å². The summed E-state index contributed by atoms with van der Waals surface area (Å²) < 4.78 is 12.2. The Balaban J connectivity index is 3.00. The van der Waals surface area contributed by atoms with Gasteiger partial charge in [0.05, 0.1) is 5.56 Å². The predicted molar refractivity (Wildman–Crippen MR) is 33.4 cm³/mol. The Morgan fingerprint density at radius 3 is 2.20 bits per heavy atom. The van der Waals surface area contributed by atoms with Gasteiger partial charge in [-0.25, -0.2) is 9.18 Å². The maximum atomic E-state index is 12.2. The molecular formula is C7H5FO2. The van der Waals surface area contributed by atoms with Gasteiger partial charge in [-0.15, -0.1) is 0 Å². The molecule has 52 valence electrons. The number of carbonyl (C=O) groups is 1. The molecule has 0 unspecified atom stereocenters. The third-order valence-corrected chi connectivity index (χ3v) is 1.09. The minimum Gasteiger partial charge on any atom is -0.478 e. The number of benzene rings is 1. The molecule has 1 N–H and O–H groups in total. The van der Waals surface area contributed by atoms with Crippen LogP contribution in [0.25, 0.3) is 0 Å². The van der Waals surface area contributed by atoms with E-state index in [9.17, 15) is 9.18 Å². The van der Waals surface area contributed by atoms with Gasteiger partial charge in [0.25, 0.3) is 0 Å². The lowest BCUT2D eigenvalue weighted by atomic mass is 10.2. The number of hydrogen-bond donors (Lipinski definition) is 1. The van der Waals surface area contributed by atoms with Crippen LogP contribution in [-0.2, 0) is 0 Å². The molecule has 0 aromatic heterocycles. The molecule has 0 aliphatic carbocycles. The molecule has 1 rings (SSSR count). The molecule has 10 heavy (non-hydrogen) atoms. The lowest BCUT2D eigenvalue weighted by Gasteiger charge is -1.90. The molecule has 3 heteroatoms. The first-order valence-electron chi connectivity index (χ1n) is 2.69. The van der Waals surface area contributed by atoms with Crippen LogP contribution in [0.1, 0.15) is 10.4 Å². The van der Waals surface area contributed by atoms with Crippen LogP contribution < -0.4 is 0 Å². The molecule has 0 saturated heterocycles. The van der Waals surface area contributed by atoms with Crippen LogP contribution in [0.2, 0.25) is 0 Å². The Bertz CT molecular complexity index is 240. The van der Waals surface area contributed by atoms with Crippen molar-refractivity contribution in [2.24, 2.45) is 0 Å². The van der Waals surface area contributed by atoms with Crippen molar-refractivity contribution in [1.82, 2.24) is 0 Å². The molecular weight excluding hydrogens is 135 g/mol. The maximum absolute atomic E-state index is 12.2. The van der Waals surface area contributed by atoms with Crippen molar-refractivity contribution in [2.45, 2.75) is 0 Å². The molecule has 0 bridgehead atoms.